The molecule has 0 aliphatic carbocycles. The maximum absolute atomic E-state index is 13.2. The van der Waals surface area contributed by atoms with E-state index in [1.807, 2.05) is 0 Å². The molecule has 164 valence electrons. The molecule has 32 heavy (non-hydrogen) atoms. The zero-order valence-corrected chi connectivity index (χ0v) is 17.8. The Morgan fingerprint density at radius 1 is 1.03 bits per heavy atom. The van der Waals surface area contributed by atoms with Crippen molar-refractivity contribution in [1.82, 2.24) is 19.6 Å². The summed E-state index contributed by atoms with van der Waals surface area (Å²) in [6.45, 7) is 0.485. The Morgan fingerprint density at radius 2 is 1.78 bits per heavy atom. The zero-order chi connectivity index (χ0) is 22.5. The van der Waals surface area contributed by atoms with Gasteiger partial charge < -0.3 is 14.8 Å². The van der Waals surface area contributed by atoms with Gasteiger partial charge in [-0.25, -0.2) is 9.07 Å². The number of methoxy groups -OCH3 is 1. The van der Waals surface area contributed by atoms with Crippen molar-refractivity contribution in [2.75, 3.05) is 12.4 Å². The van der Waals surface area contributed by atoms with Crippen LogP contribution < -0.4 is 14.8 Å². The molecule has 10 heteroatoms. The molecule has 0 aliphatic heterocycles. The molecule has 4 rings (SSSR count). The van der Waals surface area contributed by atoms with Gasteiger partial charge in [-0.15, -0.1) is 0 Å². The zero-order valence-electron chi connectivity index (χ0n) is 17.0. The monoisotopic (exact) mass is 455 g/mol. The minimum atomic E-state index is -0.404. The third-order valence-corrected chi connectivity index (χ3v) is 4.88. The molecule has 0 bridgehead atoms. The van der Waals surface area contributed by atoms with Crippen molar-refractivity contribution < 1.29 is 18.7 Å². The normalized spacial score (nSPS) is 10.7. The van der Waals surface area contributed by atoms with E-state index < -0.39 is 11.7 Å². The van der Waals surface area contributed by atoms with Gasteiger partial charge in [0.2, 0.25) is 0 Å². The minimum absolute atomic E-state index is 0.146. The number of ether oxygens (including phenoxy) is 2. The molecule has 2 aromatic heterocycles. The Kier molecular flexibility index (Phi) is 6.37. The maximum Gasteiger partial charge on any atom is 0.277 e. The second kappa shape index (κ2) is 9.52. The number of carbonyl (C=O) groups is 1. The van der Waals surface area contributed by atoms with Gasteiger partial charge in [0.1, 0.15) is 17.3 Å². The largest absolute Gasteiger partial charge is 0.497 e. The summed E-state index contributed by atoms with van der Waals surface area (Å²) < 4.78 is 27.0. The fraction of sp³-hybridized carbons (Fsp3) is 0.136. The fourth-order valence-electron chi connectivity index (χ4n) is 2.89. The van der Waals surface area contributed by atoms with Crippen molar-refractivity contribution >= 4 is 23.3 Å². The first kappa shape index (κ1) is 21.4. The average Bonchev–Trinajstić information content (AvgIpc) is 3.44. The number of rotatable bonds is 8. The molecular weight excluding hydrogens is 437 g/mol. The van der Waals surface area contributed by atoms with Gasteiger partial charge in [0, 0.05) is 23.5 Å². The lowest BCUT2D eigenvalue weighted by Crippen LogP contribution is -2.15. The van der Waals surface area contributed by atoms with Crippen LogP contribution in [-0.4, -0.2) is 32.6 Å². The van der Waals surface area contributed by atoms with Crippen LogP contribution in [0.25, 0.3) is 0 Å². The lowest BCUT2D eigenvalue weighted by Gasteiger charge is -2.07. The summed E-state index contributed by atoms with van der Waals surface area (Å²) in [5.74, 6) is 0.939. The van der Waals surface area contributed by atoms with Crippen molar-refractivity contribution in [2.24, 2.45) is 0 Å². The number of hydrogen-bond acceptors (Lipinski definition) is 5. The number of benzene rings is 2. The van der Waals surface area contributed by atoms with E-state index >= 15 is 0 Å². The first-order chi connectivity index (χ1) is 15.5. The van der Waals surface area contributed by atoms with E-state index in [4.69, 9.17) is 21.1 Å². The SMILES string of the molecule is COc1ccc(OCn2ccc(C(=O)Nc3ccn(Cc4ccc(F)cc4Cl)n3)n2)cc1. The van der Waals surface area contributed by atoms with Crippen molar-refractivity contribution in [3.8, 4) is 11.5 Å². The van der Waals surface area contributed by atoms with Crippen molar-refractivity contribution in [1.29, 1.82) is 0 Å². The van der Waals surface area contributed by atoms with Gasteiger partial charge in [-0.05, 0) is 48.0 Å². The number of hydrogen-bond donors (Lipinski definition) is 1. The molecule has 0 saturated heterocycles. The van der Waals surface area contributed by atoms with Crippen LogP contribution in [0.2, 0.25) is 5.02 Å². The lowest BCUT2D eigenvalue weighted by atomic mass is 10.2. The molecule has 2 aromatic carbocycles. The molecule has 0 atom stereocenters. The molecule has 8 nitrogen and oxygen atoms in total. The van der Waals surface area contributed by atoms with Crippen molar-refractivity contribution in [3.63, 3.8) is 0 Å². The fourth-order valence-corrected chi connectivity index (χ4v) is 3.12. The summed E-state index contributed by atoms with van der Waals surface area (Å²) >= 11 is 6.05. The number of halogens is 2. The van der Waals surface area contributed by atoms with Gasteiger partial charge in [-0.2, -0.15) is 10.2 Å². The topological polar surface area (TPSA) is 83.2 Å². The van der Waals surface area contributed by atoms with Crippen LogP contribution in [0.15, 0.2) is 67.0 Å². The van der Waals surface area contributed by atoms with E-state index in [-0.39, 0.29) is 12.4 Å². The van der Waals surface area contributed by atoms with Crippen LogP contribution in [0, 0.1) is 5.82 Å². The Labute approximate surface area is 188 Å². The van der Waals surface area contributed by atoms with Crippen LogP contribution in [-0.2, 0) is 13.3 Å². The third-order valence-electron chi connectivity index (χ3n) is 4.53. The molecule has 0 radical (unpaired) electrons. The van der Waals surface area contributed by atoms with Crippen LogP contribution in [0.4, 0.5) is 10.2 Å². The summed E-state index contributed by atoms with van der Waals surface area (Å²) in [7, 11) is 1.60. The predicted molar refractivity (Wildman–Crippen MR) is 117 cm³/mol. The molecule has 4 aromatic rings. The third kappa shape index (κ3) is 5.25. The van der Waals surface area contributed by atoms with Crippen LogP contribution >= 0.6 is 11.6 Å². The number of amides is 1. The van der Waals surface area contributed by atoms with E-state index in [0.29, 0.717) is 28.7 Å². The first-order valence-electron chi connectivity index (χ1n) is 9.59. The van der Waals surface area contributed by atoms with E-state index in [1.54, 1.807) is 66.6 Å². The van der Waals surface area contributed by atoms with Crippen LogP contribution in [0.5, 0.6) is 11.5 Å². The molecule has 0 unspecified atom stereocenters. The number of nitrogens with one attached hydrogen (secondary N) is 1. The predicted octanol–water partition coefficient (Wildman–Crippen LogP) is 4.22. The highest BCUT2D eigenvalue weighted by molar-refractivity contribution is 6.31. The Morgan fingerprint density at radius 3 is 2.53 bits per heavy atom. The van der Waals surface area contributed by atoms with Gasteiger partial charge >= 0.3 is 0 Å². The highest BCUT2D eigenvalue weighted by Crippen LogP contribution is 2.19. The molecular formula is C22H19ClFN5O3. The maximum atomic E-state index is 13.2. The number of nitrogens with zero attached hydrogens (tertiary/aromatic N) is 4. The standard InChI is InChI=1S/C22H19ClFN5O3/c1-31-17-4-6-18(7-5-17)32-14-29-10-8-20(26-29)22(30)25-21-9-11-28(27-21)13-15-2-3-16(24)12-19(15)23/h2-12H,13-14H2,1H3,(H,25,27,30). The molecule has 0 fully saturated rings. The Balaban J connectivity index is 1.33. The van der Waals surface area contributed by atoms with Crippen molar-refractivity contribution in [3.05, 3.63) is 89.1 Å². The summed E-state index contributed by atoms with van der Waals surface area (Å²) in [6.07, 6.45) is 3.34. The van der Waals surface area contributed by atoms with E-state index in [9.17, 15) is 9.18 Å². The van der Waals surface area contributed by atoms with Gasteiger partial charge in [0.15, 0.2) is 18.2 Å². The Bertz CT molecular complexity index is 1220. The summed E-state index contributed by atoms with van der Waals surface area (Å²) in [5, 5.41) is 11.5. The van der Waals surface area contributed by atoms with Gasteiger partial charge in [-0.1, -0.05) is 17.7 Å². The summed E-state index contributed by atoms with van der Waals surface area (Å²) in [4.78, 5) is 12.5. The molecule has 1 amide bonds. The number of carbonyl (C=O) groups excluding carboxylic acids is 1. The van der Waals surface area contributed by atoms with Crippen LogP contribution in [0.1, 0.15) is 16.1 Å². The van der Waals surface area contributed by atoms with E-state index in [0.717, 1.165) is 5.75 Å². The molecule has 1 N–H and O–H groups in total. The second-order valence-electron chi connectivity index (χ2n) is 6.78. The average molecular weight is 456 g/mol. The van der Waals surface area contributed by atoms with Gasteiger partial charge in [0.05, 0.1) is 13.7 Å². The summed E-state index contributed by atoms with van der Waals surface area (Å²) in [6, 6.07) is 14.6. The minimum Gasteiger partial charge on any atom is -0.497 e. The number of anilines is 1. The van der Waals surface area contributed by atoms with E-state index in [1.165, 1.54) is 16.8 Å². The highest BCUT2D eigenvalue weighted by Gasteiger charge is 2.12. The summed E-state index contributed by atoms with van der Waals surface area (Å²) in [5.41, 5.74) is 0.934. The molecule has 0 spiro atoms. The number of aromatic nitrogens is 4. The van der Waals surface area contributed by atoms with Crippen LogP contribution in [0.3, 0.4) is 0 Å². The second-order valence-corrected chi connectivity index (χ2v) is 7.19. The van der Waals surface area contributed by atoms with Crippen molar-refractivity contribution in [2.45, 2.75) is 13.3 Å². The quantitative estimate of drug-likeness (QED) is 0.430. The molecule has 2 heterocycles. The van der Waals surface area contributed by atoms with Gasteiger partial charge in [0.25, 0.3) is 5.91 Å². The first-order valence-corrected chi connectivity index (χ1v) is 9.97. The lowest BCUT2D eigenvalue weighted by molar-refractivity contribution is 0.101. The van der Waals surface area contributed by atoms with Gasteiger partial charge in [-0.3, -0.25) is 9.48 Å². The molecule has 0 saturated carbocycles. The smallest absolute Gasteiger partial charge is 0.277 e. The van der Waals surface area contributed by atoms with E-state index in [2.05, 4.69) is 15.5 Å². The highest BCUT2D eigenvalue weighted by atomic mass is 35.5. The Hall–Kier alpha value is -3.85. The molecule has 0 aliphatic rings.